The summed E-state index contributed by atoms with van der Waals surface area (Å²) in [7, 11) is 1.25. The van der Waals surface area contributed by atoms with Gasteiger partial charge in [0.25, 0.3) is 0 Å². The summed E-state index contributed by atoms with van der Waals surface area (Å²) in [6.45, 7) is -0.0809. The van der Waals surface area contributed by atoms with Crippen LogP contribution in [0, 0.1) is 11.6 Å². The molecule has 0 radical (unpaired) electrons. The Labute approximate surface area is 103 Å². The van der Waals surface area contributed by atoms with E-state index in [2.05, 4.69) is 10.1 Å². The molecule has 17 heavy (non-hydrogen) atoms. The summed E-state index contributed by atoms with van der Waals surface area (Å²) in [5, 5.41) is 2.43. The van der Waals surface area contributed by atoms with Gasteiger partial charge in [-0.15, -0.1) is 11.6 Å². The molecule has 1 N–H and O–H groups in total. The topological polar surface area (TPSA) is 38.3 Å². The first kappa shape index (κ1) is 13.7. The minimum Gasteiger partial charge on any atom is -0.494 e. The van der Waals surface area contributed by atoms with Crippen molar-refractivity contribution in [1.82, 2.24) is 5.32 Å². The van der Waals surface area contributed by atoms with Gasteiger partial charge in [0.05, 0.1) is 7.11 Å². The van der Waals surface area contributed by atoms with E-state index in [1.807, 2.05) is 0 Å². The summed E-state index contributed by atoms with van der Waals surface area (Å²) < 4.78 is 31.3. The number of rotatable bonds is 5. The van der Waals surface area contributed by atoms with E-state index in [1.54, 1.807) is 0 Å². The third-order valence-electron chi connectivity index (χ3n) is 2.12. The second-order valence-electron chi connectivity index (χ2n) is 3.29. The maximum absolute atomic E-state index is 13.4. The first-order valence-corrected chi connectivity index (χ1v) is 5.46. The van der Waals surface area contributed by atoms with Gasteiger partial charge in [-0.2, -0.15) is 0 Å². The average Bonchev–Trinajstić information content (AvgIpc) is 2.30. The zero-order chi connectivity index (χ0) is 12.8. The highest BCUT2D eigenvalue weighted by Gasteiger charge is 2.11. The van der Waals surface area contributed by atoms with E-state index in [0.717, 1.165) is 12.1 Å². The van der Waals surface area contributed by atoms with Gasteiger partial charge >= 0.3 is 0 Å². The van der Waals surface area contributed by atoms with Gasteiger partial charge in [-0.25, -0.2) is 8.78 Å². The fourth-order valence-corrected chi connectivity index (χ4v) is 1.40. The number of halogens is 3. The van der Waals surface area contributed by atoms with Gasteiger partial charge in [-0.05, 0) is 6.07 Å². The fraction of sp³-hybridized carbons (Fsp3) is 0.364. The van der Waals surface area contributed by atoms with E-state index in [4.69, 9.17) is 11.6 Å². The summed E-state index contributed by atoms with van der Waals surface area (Å²) in [5.74, 6) is -1.59. The minimum absolute atomic E-state index is 0.0613. The van der Waals surface area contributed by atoms with Crippen LogP contribution in [0.15, 0.2) is 12.1 Å². The average molecular weight is 264 g/mol. The maximum atomic E-state index is 13.4. The number of hydrogen-bond acceptors (Lipinski definition) is 2. The van der Waals surface area contributed by atoms with Gasteiger partial charge < -0.3 is 10.1 Å². The molecule has 0 spiro atoms. The molecular weight excluding hydrogens is 252 g/mol. The van der Waals surface area contributed by atoms with Crippen molar-refractivity contribution in [2.45, 2.75) is 13.0 Å². The molecule has 0 bridgehead atoms. The standard InChI is InChI=1S/C11H12ClF2NO2/c1-17-10-5-8(13)7(4-9(10)14)6-15-11(16)2-3-12/h4-5H,2-3,6H2,1H3,(H,15,16). The van der Waals surface area contributed by atoms with Gasteiger partial charge in [-0.1, -0.05) is 0 Å². The smallest absolute Gasteiger partial charge is 0.221 e. The Morgan fingerprint density at radius 3 is 2.71 bits per heavy atom. The van der Waals surface area contributed by atoms with Crippen LogP contribution in [0.3, 0.4) is 0 Å². The van der Waals surface area contributed by atoms with Crippen molar-refractivity contribution in [2.24, 2.45) is 0 Å². The van der Waals surface area contributed by atoms with Crippen molar-refractivity contribution < 1.29 is 18.3 Å². The molecule has 0 aliphatic rings. The van der Waals surface area contributed by atoms with Gasteiger partial charge in [-0.3, -0.25) is 4.79 Å². The molecule has 0 saturated carbocycles. The Morgan fingerprint density at radius 2 is 2.12 bits per heavy atom. The van der Waals surface area contributed by atoms with Crippen LogP contribution in [0.5, 0.6) is 5.75 Å². The quantitative estimate of drug-likeness (QED) is 0.828. The number of ether oxygens (including phenoxy) is 1. The summed E-state index contributed by atoms with van der Waals surface area (Å²) in [4.78, 5) is 11.1. The fourth-order valence-electron chi connectivity index (χ4n) is 1.23. The van der Waals surface area contributed by atoms with Crippen molar-refractivity contribution in [3.05, 3.63) is 29.3 Å². The zero-order valence-electron chi connectivity index (χ0n) is 9.23. The molecular formula is C11H12ClF2NO2. The molecule has 1 aromatic carbocycles. The summed E-state index contributed by atoms with van der Waals surface area (Å²) >= 11 is 5.36. The van der Waals surface area contributed by atoms with Crippen LogP contribution < -0.4 is 10.1 Å². The second-order valence-corrected chi connectivity index (χ2v) is 3.67. The maximum Gasteiger partial charge on any atom is 0.221 e. The summed E-state index contributed by atoms with van der Waals surface area (Å²) in [6.07, 6.45) is 0.141. The predicted octanol–water partition coefficient (Wildman–Crippen LogP) is 2.22. The lowest BCUT2D eigenvalue weighted by atomic mass is 10.2. The van der Waals surface area contributed by atoms with Crippen LogP contribution in [0.25, 0.3) is 0 Å². The van der Waals surface area contributed by atoms with Crippen molar-refractivity contribution in [3.8, 4) is 5.75 Å². The molecule has 0 aliphatic heterocycles. The van der Waals surface area contributed by atoms with Crippen LogP contribution in [-0.4, -0.2) is 18.9 Å². The van der Waals surface area contributed by atoms with E-state index in [0.29, 0.717) is 0 Å². The van der Waals surface area contributed by atoms with Gasteiger partial charge in [0.15, 0.2) is 11.6 Å². The van der Waals surface area contributed by atoms with Crippen LogP contribution in [0.2, 0.25) is 0 Å². The third-order valence-corrected chi connectivity index (χ3v) is 2.31. The van der Waals surface area contributed by atoms with Crippen LogP contribution in [-0.2, 0) is 11.3 Å². The van der Waals surface area contributed by atoms with E-state index >= 15 is 0 Å². The summed E-state index contributed by atoms with van der Waals surface area (Å²) in [6, 6.07) is 1.94. The second kappa shape index (κ2) is 6.39. The molecule has 1 amide bonds. The van der Waals surface area contributed by atoms with E-state index < -0.39 is 11.6 Å². The molecule has 6 heteroatoms. The number of methoxy groups -OCH3 is 1. The van der Waals surface area contributed by atoms with Crippen molar-refractivity contribution in [1.29, 1.82) is 0 Å². The lowest BCUT2D eigenvalue weighted by molar-refractivity contribution is -0.120. The largest absolute Gasteiger partial charge is 0.494 e. The lowest BCUT2D eigenvalue weighted by Crippen LogP contribution is -2.23. The van der Waals surface area contributed by atoms with Crippen LogP contribution >= 0.6 is 11.6 Å². The number of carbonyl (C=O) groups is 1. The lowest BCUT2D eigenvalue weighted by Gasteiger charge is -2.08. The summed E-state index contributed by atoms with van der Waals surface area (Å²) in [5.41, 5.74) is 0.0613. The molecule has 0 atom stereocenters. The van der Waals surface area contributed by atoms with Gasteiger partial charge in [0, 0.05) is 30.5 Å². The Bertz CT molecular complexity index is 413. The number of benzene rings is 1. The minimum atomic E-state index is -0.671. The Kier molecular flexibility index (Phi) is 5.15. The molecule has 0 aromatic heterocycles. The predicted molar refractivity (Wildman–Crippen MR) is 60.1 cm³/mol. The zero-order valence-corrected chi connectivity index (χ0v) is 9.98. The van der Waals surface area contributed by atoms with Crippen LogP contribution in [0.1, 0.15) is 12.0 Å². The number of carbonyl (C=O) groups excluding carboxylic acids is 1. The highest BCUT2D eigenvalue weighted by atomic mass is 35.5. The van der Waals surface area contributed by atoms with E-state index in [-0.39, 0.29) is 36.1 Å². The molecule has 0 saturated heterocycles. The van der Waals surface area contributed by atoms with E-state index in [9.17, 15) is 13.6 Å². The Balaban J connectivity index is 2.72. The van der Waals surface area contributed by atoms with Crippen molar-refractivity contribution in [3.63, 3.8) is 0 Å². The molecule has 0 aliphatic carbocycles. The van der Waals surface area contributed by atoms with Crippen molar-refractivity contribution >= 4 is 17.5 Å². The molecule has 0 unspecified atom stereocenters. The monoisotopic (exact) mass is 263 g/mol. The van der Waals surface area contributed by atoms with Crippen molar-refractivity contribution in [2.75, 3.05) is 13.0 Å². The van der Waals surface area contributed by atoms with Crippen LogP contribution in [0.4, 0.5) is 8.78 Å². The number of alkyl halides is 1. The Hall–Kier alpha value is -1.36. The first-order valence-electron chi connectivity index (χ1n) is 4.93. The van der Waals surface area contributed by atoms with Gasteiger partial charge in [0.1, 0.15) is 5.82 Å². The number of hydrogen-bond donors (Lipinski definition) is 1. The van der Waals surface area contributed by atoms with Gasteiger partial charge in [0.2, 0.25) is 5.91 Å². The Morgan fingerprint density at radius 1 is 1.41 bits per heavy atom. The highest BCUT2D eigenvalue weighted by molar-refractivity contribution is 6.18. The molecule has 1 rings (SSSR count). The SMILES string of the molecule is COc1cc(F)c(CNC(=O)CCCl)cc1F. The molecule has 1 aromatic rings. The molecule has 0 heterocycles. The number of amides is 1. The first-order chi connectivity index (χ1) is 8.08. The molecule has 3 nitrogen and oxygen atoms in total. The highest BCUT2D eigenvalue weighted by Crippen LogP contribution is 2.21. The molecule has 94 valence electrons. The van der Waals surface area contributed by atoms with E-state index in [1.165, 1.54) is 7.11 Å². The number of nitrogens with one attached hydrogen (secondary N) is 1. The molecule has 0 fully saturated rings. The normalized spacial score (nSPS) is 10.1. The third kappa shape index (κ3) is 3.85.